The molecule has 0 aromatic carbocycles. The minimum Gasteiger partial charge on any atom is -0.0885 e. The molecule has 0 aliphatic carbocycles. The SMILES string of the molecule is CCCC(C)(C)C(=S)C(C)(C)CCC. The van der Waals surface area contributed by atoms with Gasteiger partial charge in [-0.3, -0.25) is 0 Å². The van der Waals surface area contributed by atoms with E-state index in [-0.39, 0.29) is 10.8 Å². The first-order chi connectivity index (χ1) is 6.28. The Bertz CT molecular complexity index is 169. The van der Waals surface area contributed by atoms with Crippen LogP contribution < -0.4 is 0 Å². The highest BCUT2D eigenvalue weighted by Gasteiger charge is 2.33. The smallest absolute Gasteiger partial charge is 0.00409 e. The van der Waals surface area contributed by atoms with Gasteiger partial charge in [-0.05, 0) is 23.7 Å². The summed E-state index contributed by atoms with van der Waals surface area (Å²) in [5, 5.41) is 0. The standard InChI is InChI=1S/C13H26S/c1-7-9-12(3,4)11(14)13(5,6)10-8-2/h7-10H2,1-6H3. The van der Waals surface area contributed by atoms with Crippen LogP contribution in [0.15, 0.2) is 0 Å². The van der Waals surface area contributed by atoms with Gasteiger partial charge in [-0.2, -0.15) is 0 Å². The molecule has 0 atom stereocenters. The first-order valence-corrected chi connectivity index (χ1v) is 6.23. The molecule has 0 amide bonds. The molecule has 0 fully saturated rings. The van der Waals surface area contributed by atoms with Gasteiger partial charge in [0, 0.05) is 4.86 Å². The third-order valence-corrected chi connectivity index (χ3v) is 4.08. The molecule has 0 saturated carbocycles. The summed E-state index contributed by atoms with van der Waals surface area (Å²) in [4.78, 5) is 1.26. The molecule has 84 valence electrons. The lowest BCUT2D eigenvalue weighted by atomic mass is 9.71. The molecule has 0 rings (SSSR count). The second kappa shape index (κ2) is 5.25. The average Bonchev–Trinajstić information content (AvgIpc) is 2.02. The Hall–Kier alpha value is 0.0900. The molecule has 0 saturated heterocycles. The van der Waals surface area contributed by atoms with E-state index in [9.17, 15) is 0 Å². The van der Waals surface area contributed by atoms with E-state index in [0.29, 0.717) is 0 Å². The van der Waals surface area contributed by atoms with E-state index in [1.54, 1.807) is 0 Å². The summed E-state index contributed by atoms with van der Waals surface area (Å²) in [5.41, 5.74) is 0.450. The molecule has 0 unspecified atom stereocenters. The third kappa shape index (κ3) is 3.68. The predicted octanol–water partition coefficient (Wildman–Crippen LogP) is 5.01. The summed E-state index contributed by atoms with van der Waals surface area (Å²) >= 11 is 5.66. The molecule has 0 bridgehead atoms. The highest BCUT2D eigenvalue weighted by atomic mass is 32.1. The van der Waals surface area contributed by atoms with Gasteiger partial charge in [-0.25, -0.2) is 0 Å². The van der Waals surface area contributed by atoms with Gasteiger partial charge in [0.2, 0.25) is 0 Å². The van der Waals surface area contributed by atoms with Crippen molar-refractivity contribution in [2.24, 2.45) is 10.8 Å². The summed E-state index contributed by atoms with van der Waals surface area (Å²) in [7, 11) is 0. The Morgan fingerprint density at radius 2 is 1.14 bits per heavy atom. The Labute approximate surface area is 95.5 Å². The number of hydrogen-bond donors (Lipinski definition) is 0. The summed E-state index contributed by atoms with van der Waals surface area (Å²) < 4.78 is 0. The lowest BCUT2D eigenvalue weighted by Crippen LogP contribution is -2.35. The monoisotopic (exact) mass is 214 g/mol. The van der Waals surface area contributed by atoms with Gasteiger partial charge in [-0.1, -0.05) is 66.6 Å². The summed E-state index contributed by atoms with van der Waals surface area (Å²) in [6, 6.07) is 0. The van der Waals surface area contributed by atoms with Crippen molar-refractivity contribution in [2.75, 3.05) is 0 Å². The Morgan fingerprint density at radius 3 is 1.36 bits per heavy atom. The fourth-order valence-electron chi connectivity index (χ4n) is 2.39. The summed E-state index contributed by atoms with van der Waals surface area (Å²) in [5.74, 6) is 0. The van der Waals surface area contributed by atoms with Crippen LogP contribution in [0.5, 0.6) is 0 Å². The maximum absolute atomic E-state index is 5.66. The first kappa shape index (κ1) is 14.1. The highest BCUT2D eigenvalue weighted by molar-refractivity contribution is 7.80. The quantitative estimate of drug-likeness (QED) is 0.560. The maximum atomic E-state index is 5.66. The Balaban J connectivity index is 4.58. The second-order valence-corrected chi connectivity index (χ2v) is 6.01. The molecular formula is C13H26S. The molecule has 0 aliphatic rings. The lowest BCUT2D eigenvalue weighted by Gasteiger charge is -2.36. The van der Waals surface area contributed by atoms with Crippen molar-refractivity contribution in [3.05, 3.63) is 0 Å². The van der Waals surface area contributed by atoms with E-state index in [2.05, 4.69) is 41.5 Å². The van der Waals surface area contributed by atoms with Crippen molar-refractivity contribution in [2.45, 2.75) is 67.2 Å². The van der Waals surface area contributed by atoms with E-state index < -0.39 is 0 Å². The van der Waals surface area contributed by atoms with E-state index >= 15 is 0 Å². The predicted molar refractivity (Wildman–Crippen MR) is 70.0 cm³/mol. The molecule has 0 aromatic rings. The van der Waals surface area contributed by atoms with Crippen LogP contribution >= 0.6 is 12.2 Å². The van der Waals surface area contributed by atoms with E-state index in [0.717, 1.165) is 0 Å². The molecule has 1 heteroatoms. The largest absolute Gasteiger partial charge is 0.0885 e. The van der Waals surface area contributed by atoms with Crippen molar-refractivity contribution in [1.29, 1.82) is 0 Å². The lowest BCUT2D eigenvalue weighted by molar-refractivity contribution is 0.388. The van der Waals surface area contributed by atoms with Crippen LogP contribution in [0.25, 0.3) is 0 Å². The molecule has 0 N–H and O–H groups in total. The second-order valence-electron chi connectivity index (χ2n) is 5.60. The van der Waals surface area contributed by atoms with Crippen LogP contribution in [0.2, 0.25) is 0 Å². The fraction of sp³-hybridized carbons (Fsp3) is 0.923. The average molecular weight is 214 g/mol. The minimum absolute atomic E-state index is 0.225. The van der Waals surface area contributed by atoms with Crippen molar-refractivity contribution in [1.82, 2.24) is 0 Å². The third-order valence-electron chi connectivity index (χ3n) is 2.98. The highest BCUT2D eigenvalue weighted by Crippen LogP contribution is 2.37. The molecule has 14 heavy (non-hydrogen) atoms. The first-order valence-electron chi connectivity index (χ1n) is 5.83. The summed E-state index contributed by atoms with van der Waals surface area (Å²) in [6.45, 7) is 13.6. The fourth-order valence-corrected chi connectivity index (χ4v) is 2.60. The van der Waals surface area contributed by atoms with Crippen molar-refractivity contribution >= 4 is 17.1 Å². The van der Waals surface area contributed by atoms with Gasteiger partial charge in [0.1, 0.15) is 0 Å². The molecule has 0 spiro atoms. The van der Waals surface area contributed by atoms with Crippen LogP contribution in [0.4, 0.5) is 0 Å². The van der Waals surface area contributed by atoms with Gasteiger partial charge < -0.3 is 0 Å². The number of rotatable bonds is 6. The Morgan fingerprint density at radius 1 is 0.857 bits per heavy atom. The van der Waals surface area contributed by atoms with Gasteiger partial charge in [0.05, 0.1) is 0 Å². The van der Waals surface area contributed by atoms with Gasteiger partial charge in [-0.15, -0.1) is 0 Å². The molecular weight excluding hydrogens is 188 g/mol. The zero-order chi connectivity index (χ0) is 11.4. The van der Waals surface area contributed by atoms with E-state index in [4.69, 9.17) is 12.2 Å². The molecule has 0 aromatic heterocycles. The Kier molecular flexibility index (Phi) is 5.28. The van der Waals surface area contributed by atoms with Crippen molar-refractivity contribution in [3.63, 3.8) is 0 Å². The molecule has 0 radical (unpaired) electrons. The topological polar surface area (TPSA) is 0 Å². The van der Waals surface area contributed by atoms with E-state index in [1.165, 1.54) is 30.5 Å². The maximum Gasteiger partial charge on any atom is 0.00409 e. The zero-order valence-corrected chi connectivity index (χ0v) is 11.6. The van der Waals surface area contributed by atoms with Gasteiger partial charge in [0.15, 0.2) is 0 Å². The van der Waals surface area contributed by atoms with Crippen molar-refractivity contribution < 1.29 is 0 Å². The van der Waals surface area contributed by atoms with Crippen LogP contribution in [-0.2, 0) is 0 Å². The number of hydrogen-bond acceptors (Lipinski definition) is 1. The molecule has 0 aliphatic heterocycles. The van der Waals surface area contributed by atoms with Crippen molar-refractivity contribution in [3.8, 4) is 0 Å². The van der Waals surface area contributed by atoms with Crippen LogP contribution in [-0.4, -0.2) is 4.86 Å². The van der Waals surface area contributed by atoms with Crippen LogP contribution in [0.3, 0.4) is 0 Å². The van der Waals surface area contributed by atoms with Gasteiger partial charge in [0.25, 0.3) is 0 Å². The normalized spacial score (nSPS) is 13.0. The van der Waals surface area contributed by atoms with Crippen LogP contribution in [0, 0.1) is 10.8 Å². The summed E-state index contributed by atoms with van der Waals surface area (Å²) in [6.07, 6.45) is 4.85. The van der Waals surface area contributed by atoms with Gasteiger partial charge >= 0.3 is 0 Å². The van der Waals surface area contributed by atoms with E-state index in [1.807, 2.05) is 0 Å². The number of thiocarbonyl (C=S) groups is 1. The minimum atomic E-state index is 0.225. The van der Waals surface area contributed by atoms with Crippen LogP contribution in [0.1, 0.15) is 67.2 Å². The molecule has 0 heterocycles. The zero-order valence-electron chi connectivity index (χ0n) is 10.7. The molecule has 0 nitrogen and oxygen atoms in total.